The quantitative estimate of drug-likeness (QED) is 0.125. The van der Waals surface area contributed by atoms with Crippen molar-refractivity contribution in [3.8, 4) is 23.0 Å². The fourth-order valence-electron chi connectivity index (χ4n) is 6.10. The molecule has 4 atom stereocenters. The smallest absolute Gasteiger partial charge is 0.347 e. The Morgan fingerprint density at radius 3 is 1.82 bits per heavy atom. The van der Waals surface area contributed by atoms with Gasteiger partial charge < -0.3 is 42.3 Å². The Kier molecular flexibility index (Phi) is 10.1. The van der Waals surface area contributed by atoms with Crippen molar-refractivity contribution in [2.24, 2.45) is 0 Å². The SMILES string of the molecule is COc1ccc(COC[C@H]2O[C@H]3Oc4c(c(=O)oc5ccccc45)C=C3[C@@H](OCc3ccc(OC)cc3)[C@@H]2OCc2ccc(OC)cc2)cc1. The van der Waals surface area contributed by atoms with E-state index >= 15 is 0 Å². The molecule has 10 nitrogen and oxygen atoms in total. The van der Waals surface area contributed by atoms with Gasteiger partial charge >= 0.3 is 5.63 Å². The van der Waals surface area contributed by atoms with Crippen molar-refractivity contribution in [3.05, 3.63) is 135 Å². The summed E-state index contributed by atoms with van der Waals surface area (Å²) in [6, 6.07) is 30.3. The zero-order valence-corrected chi connectivity index (χ0v) is 28.0. The average molecular weight is 679 g/mol. The molecule has 0 amide bonds. The van der Waals surface area contributed by atoms with Crippen LogP contribution in [0.25, 0.3) is 17.0 Å². The molecular weight excluding hydrogens is 640 g/mol. The van der Waals surface area contributed by atoms with Crippen LogP contribution in [0.1, 0.15) is 22.3 Å². The Morgan fingerprint density at radius 1 is 0.660 bits per heavy atom. The molecule has 0 unspecified atom stereocenters. The predicted octanol–water partition coefficient (Wildman–Crippen LogP) is 6.71. The van der Waals surface area contributed by atoms with E-state index in [1.165, 1.54) is 0 Å². The molecule has 2 aliphatic heterocycles. The van der Waals surface area contributed by atoms with Crippen molar-refractivity contribution >= 4 is 17.0 Å². The number of rotatable bonds is 13. The molecule has 1 fully saturated rings. The molecular formula is C40H38O10. The van der Waals surface area contributed by atoms with Gasteiger partial charge in [0.1, 0.15) is 52.5 Å². The van der Waals surface area contributed by atoms with Gasteiger partial charge in [0.15, 0.2) is 0 Å². The molecule has 5 aromatic rings. The van der Waals surface area contributed by atoms with Gasteiger partial charge in [0.2, 0.25) is 6.29 Å². The maximum atomic E-state index is 13.3. The molecule has 0 N–H and O–H groups in total. The van der Waals surface area contributed by atoms with E-state index in [1.807, 2.05) is 91.0 Å². The number of methoxy groups -OCH3 is 3. The first kappa shape index (κ1) is 33.4. The molecule has 1 saturated heterocycles. The Hall–Kier alpha value is -5.13. The fraction of sp³-hybridized carbons (Fsp3) is 0.275. The van der Waals surface area contributed by atoms with Gasteiger partial charge in [-0.3, -0.25) is 0 Å². The van der Waals surface area contributed by atoms with Gasteiger partial charge in [-0.05, 0) is 71.3 Å². The predicted molar refractivity (Wildman–Crippen MR) is 186 cm³/mol. The highest BCUT2D eigenvalue weighted by Gasteiger charge is 2.47. The zero-order chi connectivity index (χ0) is 34.5. The minimum absolute atomic E-state index is 0.180. The highest BCUT2D eigenvalue weighted by Crippen LogP contribution is 2.41. The molecule has 0 aliphatic carbocycles. The number of para-hydroxylation sites is 1. The van der Waals surface area contributed by atoms with Crippen LogP contribution < -0.4 is 24.6 Å². The van der Waals surface area contributed by atoms with Crippen molar-refractivity contribution in [2.45, 2.75) is 44.4 Å². The first-order chi connectivity index (χ1) is 24.5. The third kappa shape index (κ3) is 7.24. The molecule has 1 aromatic heterocycles. The summed E-state index contributed by atoms with van der Waals surface area (Å²) in [6.45, 7) is 1.03. The molecule has 4 aromatic carbocycles. The number of fused-ring (bicyclic) bond motifs is 4. The summed E-state index contributed by atoms with van der Waals surface area (Å²) in [7, 11) is 4.89. The summed E-state index contributed by atoms with van der Waals surface area (Å²) < 4.78 is 54.4. The van der Waals surface area contributed by atoms with Crippen LogP contribution in [0, 0.1) is 0 Å². The molecule has 7 rings (SSSR count). The Balaban J connectivity index is 1.23. The highest BCUT2D eigenvalue weighted by atomic mass is 16.7. The van der Waals surface area contributed by atoms with Gasteiger partial charge in [-0.15, -0.1) is 0 Å². The Bertz CT molecular complexity index is 1980. The van der Waals surface area contributed by atoms with Crippen LogP contribution in [-0.4, -0.2) is 52.5 Å². The Morgan fingerprint density at radius 2 is 1.22 bits per heavy atom. The first-order valence-electron chi connectivity index (χ1n) is 16.3. The van der Waals surface area contributed by atoms with Crippen molar-refractivity contribution < 1.29 is 42.3 Å². The molecule has 258 valence electrons. The Labute approximate surface area is 289 Å². The van der Waals surface area contributed by atoms with E-state index in [4.69, 9.17) is 42.3 Å². The topological polar surface area (TPSA) is 104 Å². The van der Waals surface area contributed by atoms with Crippen LogP contribution in [0.15, 0.2) is 112 Å². The lowest BCUT2D eigenvalue weighted by Gasteiger charge is -2.44. The minimum Gasteiger partial charge on any atom is -0.497 e. The highest BCUT2D eigenvalue weighted by molar-refractivity contribution is 5.88. The molecule has 0 radical (unpaired) electrons. The summed E-state index contributed by atoms with van der Waals surface area (Å²) >= 11 is 0. The van der Waals surface area contributed by atoms with E-state index in [0.717, 1.165) is 33.9 Å². The second kappa shape index (κ2) is 15.2. The lowest BCUT2D eigenvalue weighted by atomic mass is 9.92. The minimum atomic E-state index is -0.871. The first-order valence-corrected chi connectivity index (χ1v) is 16.3. The summed E-state index contributed by atoms with van der Waals surface area (Å²) in [4.78, 5) is 13.3. The van der Waals surface area contributed by atoms with Gasteiger partial charge in [0, 0.05) is 5.57 Å². The molecule has 0 saturated carbocycles. The zero-order valence-electron chi connectivity index (χ0n) is 28.0. The molecule has 0 bridgehead atoms. The van der Waals surface area contributed by atoms with E-state index in [-0.39, 0.29) is 19.8 Å². The van der Waals surface area contributed by atoms with E-state index in [0.29, 0.717) is 34.5 Å². The molecule has 3 heterocycles. The maximum absolute atomic E-state index is 13.3. The van der Waals surface area contributed by atoms with Crippen molar-refractivity contribution in [3.63, 3.8) is 0 Å². The largest absolute Gasteiger partial charge is 0.497 e. The average Bonchev–Trinajstić information content (AvgIpc) is 3.16. The van der Waals surface area contributed by atoms with Gasteiger partial charge in [0.25, 0.3) is 0 Å². The summed E-state index contributed by atoms with van der Waals surface area (Å²) in [5.41, 5.74) is 3.66. The van der Waals surface area contributed by atoms with Crippen molar-refractivity contribution in [1.29, 1.82) is 0 Å². The third-order valence-corrected chi connectivity index (χ3v) is 8.80. The van der Waals surface area contributed by atoms with Gasteiger partial charge in [-0.25, -0.2) is 4.79 Å². The maximum Gasteiger partial charge on any atom is 0.347 e. The van der Waals surface area contributed by atoms with Crippen LogP contribution >= 0.6 is 0 Å². The molecule has 0 spiro atoms. The summed E-state index contributed by atoms with van der Waals surface area (Å²) in [6.07, 6.45) is -1.04. The van der Waals surface area contributed by atoms with Gasteiger partial charge in [-0.2, -0.15) is 0 Å². The number of hydrogen-bond donors (Lipinski definition) is 0. The van der Waals surface area contributed by atoms with E-state index in [2.05, 4.69) is 0 Å². The number of ether oxygens (including phenoxy) is 8. The van der Waals surface area contributed by atoms with Crippen LogP contribution in [0.4, 0.5) is 0 Å². The number of benzene rings is 4. The standard InChI is InChI=1S/C40H38O10/c1-42-28-14-8-25(9-15-28)21-45-24-35-38(47-23-27-12-18-30(44-3)19-13-27)37(46-22-26-10-16-29(43-2)17-11-26)33-20-32-36(50-40(33)49-35)31-6-4-5-7-34(31)48-39(32)41/h4-20,35,37-38,40H,21-24H2,1-3H3/t35-,37-,38-,40+/m1/s1. The fourth-order valence-corrected chi connectivity index (χ4v) is 6.10. The molecule has 2 aliphatic rings. The lowest BCUT2D eigenvalue weighted by molar-refractivity contribution is -0.229. The summed E-state index contributed by atoms with van der Waals surface area (Å²) in [5, 5.41) is 0.668. The lowest BCUT2D eigenvalue weighted by Crippen LogP contribution is -2.56. The normalized spacial score (nSPS) is 19.5. The van der Waals surface area contributed by atoms with Crippen LogP contribution in [-0.2, 0) is 38.8 Å². The van der Waals surface area contributed by atoms with E-state index in [1.54, 1.807) is 33.5 Å². The number of hydrogen-bond acceptors (Lipinski definition) is 10. The van der Waals surface area contributed by atoms with E-state index in [9.17, 15) is 4.79 Å². The van der Waals surface area contributed by atoms with Gasteiger partial charge in [0.05, 0.1) is 53.1 Å². The second-order valence-corrected chi connectivity index (χ2v) is 12.0. The molecule has 50 heavy (non-hydrogen) atoms. The third-order valence-electron chi connectivity index (χ3n) is 8.80. The van der Waals surface area contributed by atoms with E-state index < -0.39 is 30.2 Å². The van der Waals surface area contributed by atoms with Crippen LogP contribution in [0.5, 0.6) is 23.0 Å². The summed E-state index contributed by atoms with van der Waals surface area (Å²) in [5.74, 6) is 2.66. The van der Waals surface area contributed by atoms with Gasteiger partial charge in [-0.1, -0.05) is 48.5 Å². The van der Waals surface area contributed by atoms with Crippen molar-refractivity contribution in [2.75, 3.05) is 27.9 Å². The van der Waals surface area contributed by atoms with Crippen LogP contribution in [0.3, 0.4) is 0 Å². The molecule has 10 heteroatoms. The van der Waals surface area contributed by atoms with Crippen molar-refractivity contribution in [1.82, 2.24) is 0 Å². The van der Waals surface area contributed by atoms with Crippen LogP contribution in [0.2, 0.25) is 0 Å². The monoisotopic (exact) mass is 678 g/mol. The second-order valence-electron chi connectivity index (χ2n) is 12.0.